The van der Waals surface area contributed by atoms with Crippen molar-refractivity contribution in [1.82, 2.24) is 14.8 Å². The lowest BCUT2D eigenvalue weighted by molar-refractivity contribution is 0.0563. The molecule has 0 saturated heterocycles. The number of nitrogens with zero attached hydrogens (tertiary/aromatic N) is 3. The highest BCUT2D eigenvalue weighted by atomic mass is 32.2. The summed E-state index contributed by atoms with van der Waals surface area (Å²) in [5.74, 6) is 1.41. The molecular weight excluding hydrogens is 280 g/mol. The van der Waals surface area contributed by atoms with Crippen LogP contribution in [0.25, 0.3) is 0 Å². The van der Waals surface area contributed by atoms with Crippen molar-refractivity contribution in [3.05, 3.63) is 23.7 Å². The van der Waals surface area contributed by atoms with E-state index >= 15 is 0 Å². The molecule has 0 spiro atoms. The first-order valence-corrected chi connectivity index (χ1v) is 7.18. The van der Waals surface area contributed by atoms with E-state index in [1.807, 2.05) is 4.57 Å². The number of aromatic nitrogens is 3. The highest BCUT2D eigenvalue weighted by molar-refractivity contribution is 7.98. The number of furan rings is 1. The minimum absolute atomic E-state index is 0.200. The number of nitrogens with two attached hydrogens (primary N) is 1. The standard InChI is InChI=1S/C12H14N4O3S/c1-18-10(17)9-5-4-8(19-9)6-20-12-15-14-11(13)16(12)7-2-3-7/h4-5,7H,2-3,6H2,1H3,(H2,13,14). The second kappa shape index (κ2) is 5.20. The van der Waals surface area contributed by atoms with Gasteiger partial charge in [-0.3, -0.25) is 4.57 Å². The van der Waals surface area contributed by atoms with Crippen LogP contribution in [0.15, 0.2) is 21.7 Å². The van der Waals surface area contributed by atoms with Gasteiger partial charge in [0.15, 0.2) is 5.16 Å². The first-order valence-electron chi connectivity index (χ1n) is 6.19. The van der Waals surface area contributed by atoms with Crippen molar-refractivity contribution < 1.29 is 13.9 Å². The first kappa shape index (κ1) is 13.0. The molecule has 106 valence electrons. The summed E-state index contributed by atoms with van der Waals surface area (Å²) in [5, 5.41) is 8.75. The lowest BCUT2D eigenvalue weighted by Gasteiger charge is -2.04. The molecule has 0 bridgehead atoms. The second-order valence-electron chi connectivity index (χ2n) is 4.49. The molecule has 3 rings (SSSR count). The van der Waals surface area contributed by atoms with Crippen LogP contribution in [0.5, 0.6) is 0 Å². The number of esters is 1. The average Bonchev–Trinajstić information content (AvgIpc) is 3.05. The molecule has 20 heavy (non-hydrogen) atoms. The molecule has 0 atom stereocenters. The summed E-state index contributed by atoms with van der Waals surface area (Å²) >= 11 is 1.49. The Balaban J connectivity index is 1.67. The van der Waals surface area contributed by atoms with Crippen LogP contribution in [0.3, 0.4) is 0 Å². The molecule has 0 unspecified atom stereocenters. The molecule has 0 amide bonds. The Labute approximate surface area is 119 Å². The Morgan fingerprint density at radius 2 is 2.35 bits per heavy atom. The number of ether oxygens (including phenoxy) is 1. The fraction of sp³-hybridized carbons (Fsp3) is 0.417. The van der Waals surface area contributed by atoms with Crippen molar-refractivity contribution in [2.24, 2.45) is 0 Å². The summed E-state index contributed by atoms with van der Waals surface area (Å²) in [6.45, 7) is 0. The third-order valence-electron chi connectivity index (χ3n) is 2.99. The molecule has 2 aromatic heterocycles. The number of rotatable bonds is 5. The van der Waals surface area contributed by atoms with Crippen LogP contribution in [0.1, 0.15) is 35.2 Å². The van der Waals surface area contributed by atoms with Crippen LogP contribution in [0, 0.1) is 0 Å². The normalized spacial score (nSPS) is 14.4. The molecule has 7 nitrogen and oxygen atoms in total. The smallest absolute Gasteiger partial charge is 0.373 e. The van der Waals surface area contributed by atoms with Crippen molar-refractivity contribution in [2.75, 3.05) is 12.8 Å². The third-order valence-corrected chi connectivity index (χ3v) is 3.96. The van der Waals surface area contributed by atoms with Crippen LogP contribution in [0.2, 0.25) is 0 Å². The van der Waals surface area contributed by atoms with Gasteiger partial charge in [0.1, 0.15) is 5.76 Å². The van der Waals surface area contributed by atoms with Gasteiger partial charge in [-0.15, -0.1) is 10.2 Å². The SMILES string of the molecule is COC(=O)c1ccc(CSc2nnc(N)n2C2CC2)o1. The minimum atomic E-state index is -0.480. The Hall–Kier alpha value is -1.96. The van der Waals surface area contributed by atoms with Crippen LogP contribution in [-0.2, 0) is 10.5 Å². The zero-order chi connectivity index (χ0) is 14.1. The van der Waals surface area contributed by atoms with Gasteiger partial charge in [0.2, 0.25) is 11.7 Å². The molecule has 1 aliphatic carbocycles. The van der Waals surface area contributed by atoms with Gasteiger partial charge in [-0.05, 0) is 25.0 Å². The van der Waals surface area contributed by atoms with Gasteiger partial charge >= 0.3 is 5.97 Å². The van der Waals surface area contributed by atoms with Crippen molar-refractivity contribution in [3.63, 3.8) is 0 Å². The molecule has 0 aromatic carbocycles. The van der Waals surface area contributed by atoms with Crippen LogP contribution >= 0.6 is 11.8 Å². The monoisotopic (exact) mass is 294 g/mol. The van der Waals surface area contributed by atoms with Gasteiger partial charge in [-0.2, -0.15) is 0 Å². The predicted octanol–water partition coefficient (Wildman–Crippen LogP) is 1.87. The van der Waals surface area contributed by atoms with Gasteiger partial charge in [0.05, 0.1) is 12.9 Å². The number of carbonyl (C=O) groups excluding carboxylic acids is 1. The first-order chi connectivity index (χ1) is 9.69. The number of hydrogen-bond acceptors (Lipinski definition) is 7. The van der Waals surface area contributed by atoms with Crippen molar-refractivity contribution in [1.29, 1.82) is 0 Å². The molecule has 2 aromatic rings. The summed E-state index contributed by atoms with van der Waals surface area (Å²) in [7, 11) is 1.32. The highest BCUT2D eigenvalue weighted by Crippen LogP contribution is 2.39. The number of nitrogen functional groups attached to an aromatic ring is 1. The van der Waals surface area contributed by atoms with E-state index in [0.717, 1.165) is 18.0 Å². The fourth-order valence-corrected chi connectivity index (χ4v) is 2.77. The van der Waals surface area contributed by atoms with E-state index in [0.29, 0.717) is 23.5 Å². The lowest BCUT2D eigenvalue weighted by atomic mass is 10.4. The number of methoxy groups -OCH3 is 1. The molecule has 1 fully saturated rings. The summed E-state index contributed by atoms with van der Waals surface area (Å²) < 4.78 is 11.9. The molecule has 1 aliphatic rings. The summed E-state index contributed by atoms with van der Waals surface area (Å²) in [5.41, 5.74) is 5.80. The van der Waals surface area contributed by atoms with E-state index in [2.05, 4.69) is 14.9 Å². The van der Waals surface area contributed by atoms with E-state index in [4.69, 9.17) is 10.2 Å². The zero-order valence-electron chi connectivity index (χ0n) is 10.9. The summed E-state index contributed by atoms with van der Waals surface area (Å²) in [6, 6.07) is 3.78. The Kier molecular flexibility index (Phi) is 3.39. The summed E-state index contributed by atoms with van der Waals surface area (Å²) in [4.78, 5) is 11.3. The van der Waals surface area contributed by atoms with Gasteiger partial charge < -0.3 is 14.9 Å². The van der Waals surface area contributed by atoms with Crippen LogP contribution in [-0.4, -0.2) is 27.8 Å². The summed E-state index contributed by atoms with van der Waals surface area (Å²) in [6.07, 6.45) is 2.23. The molecule has 0 aliphatic heterocycles. The van der Waals surface area contributed by atoms with Crippen molar-refractivity contribution in [3.8, 4) is 0 Å². The van der Waals surface area contributed by atoms with E-state index in [1.165, 1.54) is 18.9 Å². The number of carbonyl (C=O) groups is 1. The van der Waals surface area contributed by atoms with E-state index < -0.39 is 5.97 Å². The maximum absolute atomic E-state index is 11.3. The maximum Gasteiger partial charge on any atom is 0.373 e. The maximum atomic E-state index is 11.3. The van der Waals surface area contributed by atoms with E-state index in [1.54, 1.807) is 12.1 Å². The Morgan fingerprint density at radius 1 is 1.55 bits per heavy atom. The molecule has 8 heteroatoms. The fourth-order valence-electron chi connectivity index (χ4n) is 1.86. The molecular formula is C12H14N4O3S. The number of hydrogen-bond donors (Lipinski definition) is 1. The molecule has 2 heterocycles. The molecule has 0 radical (unpaired) electrons. The Bertz CT molecular complexity index is 632. The third kappa shape index (κ3) is 2.51. The number of anilines is 1. The van der Waals surface area contributed by atoms with Gasteiger partial charge in [0, 0.05) is 6.04 Å². The second-order valence-corrected chi connectivity index (χ2v) is 5.43. The lowest BCUT2D eigenvalue weighted by Crippen LogP contribution is -2.02. The largest absolute Gasteiger partial charge is 0.463 e. The Morgan fingerprint density at radius 3 is 3.05 bits per heavy atom. The zero-order valence-corrected chi connectivity index (χ0v) is 11.7. The quantitative estimate of drug-likeness (QED) is 0.664. The van der Waals surface area contributed by atoms with Gasteiger partial charge in [-0.1, -0.05) is 11.8 Å². The van der Waals surface area contributed by atoms with E-state index in [9.17, 15) is 4.79 Å². The number of thioether (sulfide) groups is 1. The van der Waals surface area contributed by atoms with Crippen molar-refractivity contribution in [2.45, 2.75) is 29.8 Å². The van der Waals surface area contributed by atoms with Crippen LogP contribution in [0.4, 0.5) is 5.95 Å². The minimum Gasteiger partial charge on any atom is -0.463 e. The molecule has 1 saturated carbocycles. The van der Waals surface area contributed by atoms with Crippen LogP contribution < -0.4 is 5.73 Å². The van der Waals surface area contributed by atoms with Crippen molar-refractivity contribution >= 4 is 23.7 Å². The average molecular weight is 294 g/mol. The van der Waals surface area contributed by atoms with Gasteiger partial charge in [-0.25, -0.2) is 4.79 Å². The highest BCUT2D eigenvalue weighted by Gasteiger charge is 2.28. The van der Waals surface area contributed by atoms with E-state index in [-0.39, 0.29) is 5.76 Å². The molecule has 2 N–H and O–H groups in total. The topological polar surface area (TPSA) is 96.2 Å². The predicted molar refractivity (Wildman–Crippen MR) is 72.3 cm³/mol. The van der Waals surface area contributed by atoms with Gasteiger partial charge in [0.25, 0.3) is 0 Å².